The third-order valence-corrected chi connectivity index (χ3v) is 3.46. The zero-order valence-corrected chi connectivity index (χ0v) is 10.4. The molecule has 0 aliphatic rings. The second kappa shape index (κ2) is 7.23. The molecule has 0 saturated heterocycles. The van der Waals surface area contributed by atoms with Gasteiger partial charge in [0.1, 0.15) is 0 Å². The fraction of sp³-hybridized carbons (Fsp3) is 0.462. The van der Waals surface area contributed by atoms with Crippen LogP contribution in [0.5, 0.6) is 0 Å². The van der Waals surface area contributed by atoms with Crippen LogP contribution in [0.4, 0.5) is 0 Å². The van der Waals surface area contributed by atoms with E-state index in [9.17, 15) is 4.79 Å². The zero-order valence-electron chi connectivity index (χ0n) is 9.61. The van der Waals surface area contributed by atoms with Gasteiger partial charge in [-0.15, -0.1) is 11.3 Å². The van der Waals surface area contributed by atoms with E-state index in [2.05, 4.69) is 13.0 Å². The van der Waals surface area contributed by atoms with E-state index in [-0.39, 0.29) is 0 Å². The van der Waals surface area contributed by atoms with E-state index in [1.54, 1.807) is 17.4 Å². The Balaban J connectivity index is 2.36. The van der Waals surface area contributed by atoms with Crippen molar-refractivity contribution in [3.8, 4) is 0 Å². The van der Waals surface area contributed by atoms with Gasteiger partial charge in [0.15, 0.2) is 0 Å². The Morgan fingerprint density at radius 3 is 2.88 bits per heavy atom. The van der Waals surface area contributed by atoms with Crippen LogP contribution in [0, 0.1) is 0 Å². The highest BCUT2D eigenvalue weighted by Gasteiger charge is 1.98. The molecule has 0 aromatic carbocycles. The summed E-state index contributed by atoms with van der Waals surface area (Å²) in [4.78, 5) is 12.7. The predicted octanol–water partition coefficient (Wildman–Crippen LogP) is 3.97. The summed E-state index contributed by atoms with van der Waals surface area (Å²) in [6, 6.07) is 4.08. The average Bonchev–Trinajstić information content (AvgIpc) is 2.70. The maximum absolute atomic E-state index is 10.3. The topological polar surface area (TPSA) is 37.3 Å². The van der Waals surface area contributed by atoms with Gasteiger partial charge in [0.05, 0.1) is 0 Å². The number of carbonyl (C=O) groups is 1. The zero-order chi connectivity index (χ0) is 11.8. The van der Waals surface area contributed by atoms with Crippen molar-refractivity contribution >= 4 is 23.4 Å². The van der Waals surface area contributed by atoms with Crippen LogP contribution in [0.2, 0.25) is 0 Å². The molecular formula is C13H18O2S. The number of thiophene rings is 1. The number of aliphatic carboxylic acids is 1. The Morgan fingerprint density at radius 1 is 1.38 bits per heavy atom. The van der Waals surface area contributed by atoms with E-state index >= 15 is 0 Å². The lowest BCUT2D eigenvalue weighted by molar-refractivity contribution is -0.131. The molecule has 0 spiro atoms. The predicted molar refractivity (Wildman–Crippen MR) is 68.8 cm³/mol. The lowest BCUT2D eigenvalue weighted by Gasteiger charge is -1.96. The summed E-state index contributed by atoms with van der Waals surface area (Å²) in [5.74, 6) is -0.891. The van der Waals surface area contributed by atoms with Crippen LogP contribution in [-0.2, 0) is 11.2 Å². The minimum absolute atomic E-state index is 0.891. The highest BCUT2D eigenvalue weighted by atomic mass is 32.1. The first kappa shape index (κ1) is 13.0. The van der Waals surface area contributed by atoms with Crippen LogP contribution in [-0.4, -0.2) is 11.1 Å². The van der Waals surface area contributed by atoms with Gasteiger partial charge in [-0.05, 0) is 31.1 Å². The molecule has 0 bridgehead atoms. The van der Waals surface area contributed by atoms with Crippen molar-refractivity contribution in [1.29, 1.82) is 0 Å². The van der Waals surface area contributed by atoms with Gasteiger partial charge in [-0.2, -0.15) is 0 Å². The normalized spacial score (nSPS) is 11.1. The summed E-state index contributed by atoms with van der Waals surface area (Å²) in [5, 5.41) is 8.50. The number of hydrogen-bond acceptors (Lipinski definition) is 2. The molecule has 0 fully saturated rings. The van der Waals surface area contributed by atoms with Gasteiger partial charge in [-0.1, -0.05) is 26.2 Å². The summed E-state index contributed by atoms with van der Waals surface area (Å²) in [7, 11) is 0. The van der Waals surface area contributed by atoms with Crippen molar-refractivity contribution in [2.24, 2.45) is 0 Å². The average molecular weight is 238 g/mol. The first-order valence-electron chi connectivity index (χ1n) is 5.72. The van der Waals surface area contributed by atoms with Crippen molar-refractivity contribution in [1.82, 2.24) is 0 Å². The van der Waals surface area contributed by atoms with Gasteiger partial charge >= 0.3 is 5.97 Å². The number of carboxylic acid groups (broad SMARTS) is 1. The van der Waals surface area contributed by atoms with Crippen molar-refractivity contribution in [3.63, 3.8) is 0 Å². The molecule has 0 aliphatic heterocycles. The Hall–Kier alpha value is -1.09. The minimum atomic E-state index is -0.891. The summed E-state index contributed by atoms with van der Waals surface area (Å²) < 4.78 is 0. The van der Waals surface area contributed by atoms with E-state index in [0.29, 0.717) is 0 Å². The van der Waals surface area contributed by atoms with Crippen LogP contribution in [0.3, 0.4) is 0 Å². The maximum atomic E-state index is 10.3. The molecule has 16 heavy (non-hydrogen) atoms. The smallest absolute Gasteiger partial charge is 0.328 e. The SMILES string of the molecule is CCCCCCc1ccc(C=CC(=O)O)s1. The van der Waals surface area contributed by atoms with Gasteiger partial charge in [0.25, 0.3) is 0 Å². The van der Waals surface area contributed by atoms with E-state index in [0.717, 1.165) is 11.3 Å². The standard InChI is InChI=1S/C13H18O2S/c1-2-3-4-5-6-11-7-8-12(16-11)9-10-13(14)15/h7-10H,2-6H2,1H3,(H,14,15). The molecule has 0 unspecified atom stereocenters. The molecule has 1 N–H and O–H groups in total. The van der Waals surface area contributed by atoms with Crippen LogP contribution in [0.25, 0.3) is 6.08 Å². The molecule has 0 radical (unpaired) electrons. The third-order valence-electron chi connectivity index (χ3n) is 2.35. The largest absolute Gasteiger partial charge is 0.478 e. The first-order chi connectivity index (χ1) is 7.72. The van der Waals surface area contributed by atoms with Crippen LogP contribution in [0.1, 0.15) is 42.4 Å². The third kappa shape index (κ3) is 5.12. The lowest BCUT2D eigenvalue weighted by atomic mass is 10.1. The number of unbranched alkanes of at least 4 members (excludes halogenated alkanes) is 3. The number of rotatable bonds is 7. The van der Waals surface area contributed by atoms with Gasteiger partial charge in [0, 0.05) is 15.8 Å². The monoisotopic (exact) mass is 238 g/mol. The maximum Gasteiger partial charge on any atom is 0.328 e. The fourth-order valence-corrected chi connectivity index (χ4v) is 2.46. The van der Waals surface area contributed by atoms with E-state index < -0.39 is 5.97 Å². The summed E-state index contributed by atoms with van der Waals surface area (Å²) >= 11 is 1.68. The van der Waals surface area contributed by atoms with Crippen molar-refractivity contribution < 1.29 is 9.90 Å². The van der Waals surface area contributed by atoms with E-state index in [1.807, 2.05) is 6.07 Å². The highest BCUT2D eigenvalue weighted by molar-refractivity contribution is 7.12. The Kier molecular flexibility index (Phi) is 5.86. The highest BCUT2D eigenvalue weighted by Crippen LogP contribution is 2.20. The first-order valence-corrected chi connectivity index (χ1v) is 6.53. The minimum Gasteiger partial charge on any atom is -0.478 e. The molecule has 1 heterocycles. The fourth-order valence-electron chi connectivity index (χ4n) is 1.50. The number of carboxylic acids is 1. The van der Waals surface area contributed by atoms with Crippen LogP contribution in [0.15, 0.2) is 18.2 Å². The van der Waals surface area contributed by atoms with Gasteiger partial charge in [-0.25, -0.2) is 4.79 Å². The van der Waals surface area contributed by atoms with Gasteiger partial charge in [0.2, 0.25) is 0 Å². The van der Waals surface area contributed by atoms with Crippen LogP contribution < -0.4 is 0 Å². The Labute approximate surface area is 101 Å². The van der Waals surface area contributed by atoms with Gasteiger partial charge in [-0.3, -0.25) is 0 Å². The lowest BCUT2D eigenvalue weighted by Crippen LogP contribution is -1.84. The molecule has 0 saturated carbocycles. The molecule has 1 rings (SSSR count). The molecule has 88 valence electrons. The summed E-state index contributed by atoms with van der Waals surface area (Å²) in [5.41, 5.74) is 0. The quantitative estimate of drug-likeness (QED) is 0.576. The molecule has 2 nitrogen and oxygen atoms in total. The molecule has 3 heteroatoms. The summed E-state index contributed by atoms with van der Waals surface area (Å²) in [6.07, 6.45) is 9.04. The molecule has 1 aromatic rings. The Bertz CT molecular complexity index is 353. The molecule has 0 amide bonds. The molecular weight excluding hydrogens is 220 g/mol. The summed E-state index contributed by atoms with van der Waals surface area (Å²) in [6.45, 7) is 2.21. The van der Waals surface area contributed by atoms with Crippen molar-refractivity contribution in [2.45, 2.75) is 39.0 Å². The van der Waals surface area contributed by atoms with Crippen molar-refractivity contribution in [2.75, 3.05) is 0 Å². The second-order valence-electron chi connectivity index (χ2n) is 3.79. The number of hydrogen-bond donors (Lipinski definition) is 1. The molecule has 1 aromatic heterocycles. The van der Waals surface area contributed by atoms with E-state index in [4.69, 9.17) is 5.11 Å². The molecule has 0 atom stereocenters. The number of aryl methyl sites for hydroxylation is 1. The molecule has 0 aliphatic carbocycles. The second-order valence-corrected chi connectivity index (χ2v) is 4.99. The van der Waals surface area contributed by atoms with Gasteiger partial charge < -0.3 is 5.11 Å². The van der Waals surface area contributed by atoms with Crippen LogP contribution >= 0.6 is 11.3 Å². The van der Waals surface area contributed by atoms with Crippen molar-refractivity contribution in [3.05, 3.63) is 28.0 Å². The van der Waals surface area contributed by atoms with E-state index in [1.165, 1.54) is 36.6 Å². The Morgan fingerprint density at radius 2 is 2.19 bits per heavy atom.